The first-order chi connectivity index (χ1) is 18.8. The van der Waals surface area contributed by atoms with Gasteiger partial charge in [-0.2, -0.15) is 0 Å². The summed E-state index contributed by atoms with van der Waals surface area (Å²) in [7, 11) is 4.97. The maximum Gasteiger partial charge on any atom is 0.415 e. The lowest BCUT2D eigenvalue weighted by molar-refractivity contribution is -0.121. The van der Waals surface area contributed by atoms with Gasteiger partial charge in [0, 0.05) is 26.2 Å². The van der Waals surface area contributed by atoms with Crippen LogP contribution < -0.4 is 18.9 Å². The van der Waals surface area contributed by atoms with Crippen LogP contribution in [-0.2, 0) is 9.59 Å². The van der Waals surface area contributed by atoms with Gasteiger partial charge in [-0.3, -0.25) is 9.59 Å². The number of allylic oxidation sites excluding steroid dienone is 2. The second-order valence-electron chi connectivity index (χ2n) is 8.83. The molecule has 1 aliphatic heterocycles. The van der Waals surface area contributed by atoms with E-state index in [0.717, 1.165) is 13.1 Å². The molecule has 2 aromatic rings. The van der Waals surface area contributed by atoms with Crippen LogP contribution in [0.5, 0.6) is 23.0 Å². The molecular formula is C29H34N2O8. The molecule has 0 saturated carbocycles. The van der Waals surface area contributed by atoms with Crippen molar-refractivity contribution in [3.8, 4) is 23.0 Å². The quantitative estimate of drug-likeness (QED) is 0.322. The third-order valence-electron chi connectivity index (χ3n) is 5.95. The molecule has 0 bridgehead atoms. The summed E-state index contributed by atoms with van der Waals surface area (Å²) in [5.74, 6) is 0.873. The number of nitrogens with zero attached hydrogens (tertiary/aromatic N) is 2. The van der Waals surface area contributed by atoms with Crippen molar-refractivity contribution in [1.82, 2.24) is 9.80 Å². The lowest BCUT2D eigenvalue weighted by Gasteiger charge is -2.31. The van der Waals surface area contributed by atoms with Gasteiger partial charge in [-0.25, -0.2) is 4.79 Å². The van der Waals surface area contributed by atoms with Gasteiger partial charge < -0.3 is 33.9 Å². The first kappa shape index (κ1) is 29.4. The number of ketones is 2. The lowest BCUT2D eigenvalue weighted by atomic mass is 10.1. The van der Waals surface area contributed by atoms with Gasteiger partial charge in [0.1, 0.15) is 6.61 Å². The van der Waals surface area contributed by atoms with Gasteiger partial charge in [0.15, 0.2) is 34.6 Å². The lowest BCUT2D eigenvalue weighted by Crippen LogP contribution is -2.48. The average molecular weight is 539 g/mol. The van der Waals surface area contributed by atoms with Crippen LogP contribution in [0.2, 0.25) is 0 Å². The number of aliphatic hydroxyl groups is 1. The number of carbonyl (C=O) groups is 3. The van der Waals surface area contributed by atoms with E-state index in [1.807, 2.05) is 7.05 Å². The summed E-state index contributed by atoms with van der Waals surface area (Å²) in [6, 6.07) is 10.1. The molecule has 1 fully saturated rings. The van der Waals surface area contributed by atoms with Crippen LogP contribution in [0.3, 0.4) is 0 Å². The third kappa shape index (κ3) is 8.98. The predicted octanol–water partition coefficient (Wildman–Crippen LogP) is 3.08. The van der Waals surface area contributed by atoms with E-state index in [0.29, 0.717) is 41.5 Å². The second-order valence-corrected chi connectivity index (χ2v) is 8.83. The highest BCUT2D eigenvalue weighted by Gasteiger charge is 2.22. The van der Waals surface area contributed by atoms with Gasteiger partial charge in [-0.15, -0.1) is 0 Å². The number of carbonyl (C=O) groups excluding carboxylic acids is 3. The molecule has 10 heteroatoms. The third-order valence-corrected chi connectivity index (χ3v) is 5.95. The van der Waals surface area contributed by atoms with Crippen LogP contribution in [0.4, 0.5) is 4.79 Å². The zero-order chi connectivity index (χ0) is 28.2. The van der Waals surface area contributed by atoms with Crippen molar-refractivity contribution >= 4 is 29.8 Å². The molecule has 1 heterocycles. The van der Waals surface area contributed by atoms with Crippen molar-refractivity contribution < 1.29 is 38.4 Å². The Morgan fingerprint density at radius 3 is 1.90 bits per heavy atom. The van der Waals surface area contributed by atoms with E-state index < -0.39 is 6.09 Å². The molecule has 1 aliphatic rings. The molecule has 3 rings (SSSR count). The zero-order valence-corrected chi connectivity index (χ0v) is 22.4. The van der Waals surface area contributed by atoms with Crippen LogP contribution >= 0.6 is 0 Å². The van der Waals surface area contributed by atoms with Crippen molar-refractivity contribution in [2.45, 2.75) is 6.42 Å². The van der Waals surface area contributed by atoms with Crippen molar-refractivity contribution in [2.75, 3.05) is 60.7 Å². The number of hydrogen-bond donors (Lipinski definition) is 1. The maximum atomic E-state index is 12.5. The van der Waals surface area contributed by atoms with Crippen molar-refractivity contribution in [3.63, 3.8) is 0 Å². The SMILES string of the molecule is COc1cc(C=CC(=O)CC(=O)C=Cc2ccc(OC(=O)N3CCN(C)CC3)c(OC)c2)ccc1OCCO. The summed E-state index contributed by atoms with van der Waals surface area (Å²) in [5, 5.41) is 8.91. The summed E-state index contributed by atoms with van der Waals surface area (Å²) < 4.78 is 21.6. The van der Waals surface area contributed by atoms with Crippen LogP contribution in [0.15, 0.2) is 48.6 Å². The fourth-order valence-corrected chi connectivity index (χ4v) is 3.75. The smallest absolute Gasteiger partial charge is 0.415 e. The number of ether oxygens (including phenoxy) is 4. The Labute approximate surface area is 228 Å². The summed E-state index contributed by atoms with van der Waals surface area (Å²) in [4.78, 5) is 40.9. The highest BCUT2D eigenvalue weighted by Crippen LogP contribution is 2.30. The largest absolute Gasteiger partial charge is 0.493 e. The average Bonchev–Trinajstić information content (AvgIpc) is 2.94. The second kappa shape index (κ2) is 14.7. The topological polar surface area (TPSA) is 115 Å². The molecule has 1 saturated heterocycles. The molecular weight excluding hydrogens is 504 g/mol. The summed E-state index contributed by atoms with van der Waals surface area (Å²) in [5.41, 5.74) is 1.35. The minimum Gasteiger partial charge on any atom is -0.493 e. The summed E-state index contributed by atoms with van der Waals surface area (Å²) >= 11 is 0. The minimum absolute atomic E-state index is 0.118. The van der Waals surface area contributed by atoms with Gasteiger partial charge >= 0.3 is 6.09 Å². The number of aliphatic hydroxyl groups excluding tert-OH is 1. The van der Waals surface area contributed by atoms with Gasteiger partial charge in [0.25, 0.3) is 0 Å². The van der Waals surface area contributed by atoms with E-state index in [1.54, 1.807) is 53.5 Å². The summed E-state index contributed by atoms with van der Waals surface area (Å²) in [6.07, 6.45) is 5.10. The van der Waals surface area contributed by atoms with E-state index in [2.05, 4.69) is 4.90 Å². The van der Waals surface area contributed by atoms with E-state index in [9.17, 15) is 14.4 Å². The molecule has 39 heavy (non-hydrogen) atoms. The highest BCUT2D eigenvalue weighted by atomic mass is 16.6. The molecule has 0 spiro atoms. The van der Waals surface area contributed by atoms with E-state index >= 15 is 0 Å². The number of likely N-dealkylation sites (N-methyl/N-ethyl adjacent to an activating group) is 1. The number of rotatable bonds is 12. The minimum atomic E-state index is -0.434. The number of benzene rings is 2. The molecule has 208 valence electrons. The Morgan fingerprint density at radius 1 is 0.821 bits per heavy atom. The first-order valence-electron chi connectivity index (χ1n) is 12.5. The van der Waals surface area contributed by atoms with Gasteiger partial charge in [0.2, 0.25) is 0 Å². The van der Waals surface area contributed by atoms with Crippen molar-refractivity contribution in [1.29, 1.82) is 0 Å². The van der Waals surface area contributed by atoms with Gasteiger partial charge in [-0.1, -0.05) is 24.3 Å². The number of hydrogen-bond acceptors (Lipinski definition) is 9. The van der Waals surface area contributed by atoms with Gasteiger partial charge in [0.05, 0.1) is 27.2 Å². The molecule has 0 unspecified atom stereocenters. The van der Waals surface area contributed by atoms with Crippen LogP contribution in [0.25, 0.3) is 12.2 Å². The fraction of sp³-hybridized carbons (Fsp3) is 0.345. The first-order valence-corrected chi connectivity index (χ1v) is 12.5. The normalized spacial score (nSPS) is 14.0. The molecule has 0 radical (unpaired) electrons. The van der Waals surface area contributed by atoms with Crippen LogP contribution in [0.1, 0.15) is 17.5 Å². The summed E-state index contributed by atoms with van der Waals surface area (Å²) in [6.45, 7) is 2.77. The van der Waals surface area contributed by atoms with E-state index in [-0.39, 0.29) is 37.0 Å². The highest BCUT2D eigenvalue weighted by molar-refractivity contribution is 6.10. The number of methoxy groups -OCH3 is 2. The Balaban J connectivity index is 1.55. The van der Waals surface area contributed by atoms with E-state index in [1.165, 1.54) is 26.4 Å². The van der Waals surface area contributed by atoms with Gasteiger partial charge in [-0.05, 0) is 54.6 Å². The fourth-order valence-electron chi connectivity index (χ4n) is 3.75. The Kier molecular flexibility index (Phi) is 11.1. The van der Waals surface area contributed by atoms with Crippen molar-refractivity contribution in [2.24, 2.45) is 0 Å². The zero-order valence-electron chi connectivity index (χ0n) is 22.4. The van der Waals surface area contributed by atoms with Crippen molar-refractivity contribution in [3.05, 3.63) is 59.7 Å². The van der Waals surface area contributed by atoms with Crippen LogP contribution in [-0.4, -0.2) is 93.2 Å². The predicted molar refractivity (Wildman–Crippen MR) is 146 cm³/mol. The Hall–Kier alpha value is -4.15. The van der Waals surface area contributed by atoms with E-state index in [4.69, 9.17) is 24.1 Å². The molecule has 0 atom stereocenters. The molecule has 1 amide bonds. The van der Waals surface area contributed by atoms with Crippen LogP contribution in [0, 0.1) is 0 Å². The monoisotopic (exact) mass is 538 g/mol. The maximum absolute atomic E-state index is 12.5. The molecule has 10 nitrogen and oxygen atoms in total. The molecule has 0 aliphatic carbocycles. The number of amides is 1. The Morgan fingerprint density at radius 2 is 1.36 bits per heavy atom. The molecule has 0 aromatic heterocycles. The molecule has 1 N–H and O–H groups in total. The Bertz CT molecular complexity index is 1220. The standard InChI is InChI=1S/C29H34N2O8/c1-30-12-14-31(15-13-30)29(35)39-26-11-7-22(19-28(26)37-3)5-9-24(34)20-23(33)8-4-21-6-10-25(38-17-16-32)27(18-21)36-2/h4-11,18-19,32H,12-17,20H2,1-3H3. The molecule has 2 aromatic carbocycles. The number of piperazine rings is 1.